The van der Waals surface area contributed by atoms with Crippen LogP contribution in [0, 0.1) is 11.3 Å². The molecule has 192 valence electrons. The maximum atomic E-state index is 13.1. The lowest BCUT2D eigenvalue weighted by Gasteiger charge is -2.10. The second-order valence-electron chi connectivity index (χ2n) is 8.11. The van der Waals surface area contributed by atoms with Crippen LogP contribution in [0.3, 0.4) is 0 Å². The predicted octanol–water partition coefficient (Wildman–Crippen LogP) is 1.89. The molecule has 11 nitrogen and oxygen atoms in total. The monoisotopic (exact) mass is 553 g/mol. The van der Waals surface area contributed by atoms with Crippen molar-refractivity contribution in [1.82, 2.24) is 0 Å². The minimum absolute atomic E-state index is 0.0459. The van der Waals surface area contributed by atoms with Gasteiger partial charge in [0.25, 0.3) is 5.30 Å². The first-order valence-corrected chi connectivity index (χ1v) is 15.0. The molecule has 0 aliphatic heterocycles. The molecule has 0 bridgehead atoms. The molecule has 1 aromatic heterocycles. The topological polar surface area (TPSA) is 189 Å². The largest absolute Gasteiger partial charge is 0.551 e. The first kappa shape index (κ1) is 27.6. The van der Waals surface area contributed by atoms with Gasteiger partial charge >= 0.3 is 13.9 Å². The van der Waals surface area contributed by atoms with Gasteiger partial charge in [-0.05, 0) is 47.9 Å². The molecule has 1 aliphatic rings. The number of primary amides is 1. The average molecular weight is 554 g/mol. The van der Waals surface area contributed by atoms with Gasteiger partial charge in [0.2, 0.25) is 10.0 Å². The Balaban J connectivity index is 2.07. The third-order valence-electron chi connectivity index (χ3n) is 5.08. The summed E-state index contributed by atoms with van der Waals surface area (Å²) in [5, 5.41) is 24.1. The van der Waals surface area contributed by atoms with E-state index in [-0.39, 0.29) is 40.4 Å². The summed E-state index contributed by atoms with van der Waals surface area (Å²) in [5.41, 5.74) is 6.18. The number of anilines is 1. The molecule has 1 saturated carbocycles. The van der Waals surface area contributed by atoms with E-state index >= 15 is 0 Å². The number of sulfonamides is 1. The van der Waals surface area contributed by atoms with Crippen LogP contribution in [0.1, 0.15) is 25.3 Å². The van der Waals surface area contributed by atoms with Crippen molar-refractivity contribution < 1.29 is 32.7 Å². The van der Waals surface area contributed by atoms with Gasteiger partial charge in [-0.15, -0.1) is 4.52 Å². The molecule has 0 radical (unpaired) electrons. The summed E-state index contributed by atoms with van der Waals surface area (Å²) in [5.74, 6) is -1.18. The number of allylic oxidation sites excluding steroid dienone is 1. The average Bonchev–Trinajstić information content (AvgIpc) is 3.48. The van der Waals surface area contributed by atoms with Crippen LogP contribution in [-0.2, 0) is 23.9 Å². The minimum Gasteiger partial charge on any atom is -0.505 e. The highest BCUT2D eigenvalue weighted by molar-refractivity contribution is 7.92. The van der Waals surface area contributed by atoms with Crippen molar-refractivity contribution in [3.63, 3.8) is 0 Å². The van der Waals surface area contributed by atoms with Gasteiger partial charge in [0.15, 0.2) is 11.3 Å². The molecule has 1 aromatic carbocycles. The molecule has 36 heavy (non-hydrogen) atoms. The first-order chi connectivity index (χ1) is 17.0. The SMILES string of the molecule is CCO[P+](=O)c1cc(NS(C)(=O)=O)ccc1N=C(N)C(C(=O)[NH2+]CC1CC1)=C(O)C(=N)c1ccsc1. The number of thiophene rings is 1. The number of hydrogen-bond donors (Lipinski definition) is 5. The third kappa shape index (κ3) is 7.52. The smallest absolute Gasteiger partial charge is 0.505 e. The van der Waals surface area contributed by atoms with Crippen LogP contribution >= 0.6 is 19.4 Å². The number of quaternary nitrogens is 1. The molecule has 1 unspecified atom stereocenters. The normalized spacial score (nSPS) is 15.3. The number of amides is 1. The number of aliphatic imine (C=N–C) groups is 1. The van der Waals surface area contributed by atoms with E-state index in [1.54, 1.807) is 23.8 Å². The van der Waals surface area contributed by atoms with Gasteiger partial charge in [-0.1, -0.05) is 0 Å². The molecule has 7 N–H and O–H groups in total. The summed E-state index contributed by atoms with van der Waals surface area (Å²) in [7, 11) is -6.05. The Morgan fingerprint density at radius 2 is 2.11 bits per heavy atom. The highest BCUT2D eigenvalue weighted by atomic mass is 32.2. The zero-order valence-electron chi connectivity index (χ0n) is 19.7. The van der Waals surface area contributed by atoms with Crippen molar-refractivity contribution in [2.45, 2.75) is 19.8 Å². The van der Waals surface area contributed by atoms with Gasteiger partial charge in [-0.2, -0.15) is 11.3 Å². The maximum Gasteiger partial charge on any atom is 0.551 e. The van der Waals surface area contributed by atoms with Crippen LogP contribution in [0.15, 0.2) is 51.4 Å². The van der Waals surface area contributed by atoms with Crippen LogP contribution in [0.5, 0.6) is 0 Å². The van der Waals surface area contributed by atoms with Crippen LogP contribution in [0.2, 0.25) is 0 Å². The standard InChI is InChI=1S/C22H26N5O6PS2/c1-3-33-34(30)17-10-15(27-36(2,31)32)6-7-16(17)26-21(24)18(22(29)25-11-13-4-5-13)20(28)19(23)14-8-9-35-12-14/h6-10,12-13H,3-5,11H2,1-2H3,(H5-,23,24,25,26,27,28,29,30)/p+2. The van der Waals surface area contributed by atoms with Crippen LogP contribution < -0.4 is 21.1 Å². The van der Waals surface area contributed by atoms with Gasteiger partial charge in [-0.25, -0.2) is 18.2 Å². The van der Waals surface area contributed by atoms with Gasteiger partial charge in [0.05, 0.1) is 18.5 Å². The summed E-state index contributed by atoms with van der Waals surface area (Å²) >= 11 is 1.33. The van der Waals surface area contributed by atoms with Crippen molar-refractivity contribution in [2.75, 3.05) is 24.1 Å². The van der Waals surface area contributed by atoms with E-state index in [4.69, 9.17) is 15.7 Å². The van der Waals surface area contributed by atoms with E-state index in [0.717, 1.165) is 19.1 Å². The Labute approximate surface area is 213 Å². The zero-order chi connectivity index (χ0) is 26.5. The number of carbonyl (C=O) groups is 1. The van der Waals surface area contributed by atoms with E-state index in [1.807, 2.05) is 0 Å². The lowest BCUT2D eigenvalue weighted by Crippen LogP contribution is -2.89. The van der Waals surface area contributed by atoms with Crippen molar-refractivity contribution >= 4 is 63.5 Å². The molecular weight excluding hydrogens is 525 g/mol. The highest BCUT2D eigenvalue weighted by Gasteiger charge is 2.32. The molecule has 2 aromatic rings. The number of nitrogens with two attached hydrogens (primary N) is 2. The molecule has 1 atom stereocenters. The Morgan fingerprint density at radius 3 is 2.69 bits per heavy atom. The Morgan fingerprint density at radius 1 is 1.39 bits per heavy atom. The number of rotatable bonds is 12. The Bertz CT molecular complexity index is 1330. The zero-order valence-corrected chi connectivity index (χ0v) is 22.3. The fourth-order valence-electron chi connectivity index (χ4n) is 3.18. The quantitative estimate of drug-likeness (QED) is 0.0872. The summed E-state index contributed by atoms with van der Waals surface area (Å²) < 4.78 is 43.5. The minimum atomic E-state index is -3.60. The van der Waals surface area contributed by atoms with Crippen molar-refractivity contribution in [3.05, 3.63) is 51.9 Å². The number of aliphatic hydroxyl groups is 1. The van der Waals surface area contributed by atoms with E-state index in [9.17, 15) is 22.9 Å². The van der Waals surface area contributed by atoms with Crippen LogP contribution in [-0.4, -0.2) is 50.4 Å². The number of hydrogen-bond acceptors (Lipinski definition) is 9. The van der Waals surface area contributed by atoms with Crippen molar-refractivity contribution in [1.29, 1.82) is 5.41 Å². The van der Waals surface area contributed by atoms with E-state index in [1.165, 1.54) is 34.9 Å². The van der Waals surface area contributed by atoms with Crippen LogP contribution in [0.4, 0.5) is 11.4 Å². The maximum absolute atomic E-state index is 13.1. The predicted molar refractivity (Wildman–Crippen MR) is 140 cm³/mol. The van der Waals surface area contributed by atoms with Gasteiger partial charge < -0.3 is 10.8 Å². The second-order valence-corrected chi connectivity index (χ2v) is 11.9. The molecule has 1 aliphatic carbocycles. The Hall–Kier alpha value is -2.96. The summed E-state index contributed by atoms with van der Waals surface area (Å²) in [6, 6.07) is 5.70. The lowest BCUT2D eigenvalue weighted by molar-refractivity contribution is -0.567. The second kappa shape index (κ2) is 11.8. The fourth-order valence-corrected chi connectivity index (χ4v) is 5.31. The van der Waals surface area contributed by atoms with Gasteiger partial charge in [0.1, 0.15) is 23.8 Å². The lowest BCUT2D eigenvalue weighted by atomic mass is 10.1. The number of nitrogens with zero attached hydrogens (tertiary/aromatic N) is 1. The third-order valence-corrected chi connectivity index (χ3v) is 7.62. The van der Waals surface area contributed by atoms with E-state index in [0.29, 0.717) is 18.0 Å². The van der Waals surface area contributed by atoms with Crippen molar-refractivity contribution in [3.8, 4) is 0 Å². The van der Waals surface area contributed by atoms with Crippen molar-refractivity contribution in [2.24, 2.45) is 16.6 Å². The summed E-state index contributed by atoms with van der Waals surface area (Å²) in [6.07, 6.45) is 3.01. The molecule has 0 spiro atoms. The fraction of sp³-hybridized carbons (Fsp3) is 0.318. The van der Waals surface area contributed by atoms with E-state index in [2.05, 4.69) is 9.71 Å². The number of benzene rings is 1. The van der Waals surface area contributed by atoms with Gasteiger partial charge in [-0.3, -0.25) is 15.4 Å². The molecule has 1 heterocycles. The molecule has 0 saturated heterocycles. The van der Waals surface area contributed by atoms with Gasteiger partial charge in [0, 0.05) is 22.9 Å². The van der Waals surface area contributed by atoms with Crippen LogP contribution in [0.25, 0.3) is 0 Å². The number of carbonyl (C=O) groups excluding carboxylic acids is 1. The molecule has 1 amide bonds. The van der Waals surface area contributed by atoms with E-state index < -0.39 is 29.7 Å². The molecule has 14 heteroatoms. The highest BCUT2D eigenvalue weighted by Crippen LogP contribution is 2.30. The number of aliphatic hydroxyl groups excluding tert-OH is 1. The Kier molecular flexibility index (Phi) is 9.09. The first-order valence-electron chi connectivity index (χ1n) is 11.0. The summed E-state index contributed by atoms with van der Waals surface area (Å²) in [6.45, 7) is 2.28. The number of amidine groups is 1. The number of nitrogens with one attached hydrogen (secondary N) is 2. The summed E-state index contributed by atoms with van der Waals surface area (Å²) in [4.78, 5) is 17.3. The molecular formula is C22H28N5O6PS2+2. The molecule has 1 fully saturated rings. The molecule has 3 rings (SSSR count).